The van der Waals surface area contributed by atoms with E-state index < -0.39 is 7.80 Å². The maximum absolute atomic E-state index is 12.5. The Morgan fingerprint density at radius 3 is 2.50 bits per heavy atom. The predicted molar refractivity (Wildman–Crippen MR) is 77.2 cm³/mol. The molecule has 1 aliphatic carbocycles. The first-order valence-electron chi connectivity index (χ1n) is 5.94. The Kier molecular flexibility index (Phi) is 4.22. The molecule has 0 heterocycles. The zero-order valence-electron chi connectivity index (χ0n) is 10.6. The van der Waals surface area contributed by atoms with Gasteiger partial charge in [-0.25, -0.2) is 0 Å². The van der Waals surface area contributed by atoms with E-state index in [4.69, 9.17) is 4.74 Å². The van der Waals surface area contributed by atoms with E-state index >= 15 is 0 Å². The molecule has 0 fully saturated rings. The molecule has 94 valence electrons. The van der Waals surface area contributed by atoms with Crippen LogP contribution in [0.4, 0.5) is 0 Å². The fourth-order valence-electron chi connectivity index (χ4n) is 1.81. The average molecular weight is 260 g/mol. The molecule has 1 aromatic carbocycles. The second-order valence-corrected chi connectivity index (χ2v) is 6.05. The zero-order chi connectivity index (χ0) is 13.0. The van der Waals surface area contributed by atoms with Crippen molar-refractivity contribution in [1.82, 2.24) is 0 Å². The Labute approximate surface area is 108 Å². The van der Waals surface area contributed by atoms with Gasteiger partial charge in [-0.15, -0.1) is 0 Å². The summed E-state index contributed by atoms with van der Waals surface area (Å²) in [5.41, 5.74) is 1.21. The van der Waals surface area contributed by atoms with E-state index in [2.05, 4.69) is 13.0 Å². The lowest BCUT2D eigenvalue weighted by Gasteiger charge is -2.04. The molecule has 2 nitrogen and oxygen atoms in total. The van der Waals surface area contributed by atoms with E-state index in [0.29, 0.717) is 0 Å². The highest BCUT2D eigenvalue weighted by Gasteiger charge is 2.08. The smallest absolute Gasteiger partial charge is 0.131 e. The normalized spacial score (nSPS) is 16.6. The SMILES string of the molecule is COc1ccc([PH](=O)C2=CCC=C(C)C=C2)cc1. The minimum absolute atomic E-state index is 0.788. The van der Waals surface area contributed by atoms with Gasteiger partial charge in [0.2, 0.25) is 0 Å². The minimum atomic E-state index is -1.90. The van der Waals surface area contributed by atoms with E-state index in [9.17, 15) is 4.57 Å². The van der Waals surface area contributed by atoms with Crippen molar-refractivity contribution < 1.29 is 9.30 Å². The van der Waals surface area contributed by atoms with Crippen LogP contribution in [0, 0.1) is 0 Å². The molecule has 0 saturated carbocycles. The monoisotopic (exact) mass is 260 g/mol. The molecule has 0 radical (unpaired) electrons. The Bertz CT molecular complexity index is 536. The molecular formula is C15H17O2P. The summed E-state index contributed by atoms with van der Waals surface area (Å²) in [6.45, 7) is 2.05. The molecule has 18 heavy (non-hydrogen) atoms. The van der Waals surface area contributed by atoms with Gasteiger partial charge in [0.25, 0.3) is 0 Å². The van der Waals surface area contributed by atoms with Gasteiger partial charge in [-0.2, -0.15) is 0 Å². The molecule has 0 bridgehead atoms. The topological polar surface area (TPSA) is 26.3 Å². The van der Waals surface area contributed by atoms with Gasteiger partial charge in [-0.05, 0) is 37.6 Å². The number of rotatable bonds is 3. The summed E-state index contributed by atoms with van der Waals surface area (Å²) in [5, 5.41) is 1.80. The lowest BCUT2D eigenvalue weighted by Crippen LogP contribution is -1.96. The maximum Gasteiger partial charge on any atom is 0.131 e. The van der Waals surface area contributed by atoms with Crippen LogP contribution in [0.3, 0.4) is 0 Å². The van der Waals surface area contributed by atoms with Gasteiger partial charge in [0.05, 0.1) is 7.11 Å². The molecule has 1 aliphatic rings. The van der Waals surface area contributed by atoms with Gasteiger partial charge in [-0.3, -0.25) is 0 Å². The summed E-state index contributed by atoms with van der Waals surface area (Å²) >= 11 is 0. The fraction of sp³-hybridized carbons (Fsp3) is 0.200. The molecule has 0 aromatic heterocycles. The Balaban J connectivity index is 2.21. The lowest BCUT2D eigenvalue weighted by molar-refractivity contribution is 0.415. The second-order valence-electron chi connectivity index (χ2n) is 4.23. The molecule has 1 unspecified atom stereocenters. The third kappa shape index (κ3) is 3.02. The second kappa shape index (κ2) is 5.88. The van der Waals surface area contributed by atoms with Crippen molar-refractivity contribution in [1.29, 1.82) is 0 Å². The Hall–Kier alpha value is -1.53. The van der Waals surface area contributed by atoms with Crippen LogP contribution < -0.4 is 10.0 Å². The number of allylic oxidation sites excluding steroid dienone is 6. The Morgan fingerprint density at radius 2 is 1.83 bits per heavy atom. The summed E-state index contributed by atoms with van der Waals surface area (Å²) in [4.78, 5) is 0. The van der Waals surface area contributed by atoms with Gasteiger partial charge in [0.15, 0.2) is 0 Å². The standard InChI is InChI=1S/C15H17O2P/c1-12-4-3-5-14(9-6-12)18(16)15-10-7-13(17-2)8-11-15/h4-11,18H,3H2,1-2H3. The van der Waals surface area contributed by atoms with E-state index in [0.717, 1.165) is 22.8 Å². The van der Waals surface area contributed by atoms with Gasteiger partial charge in [-0.1, -0.05) is 29.9 Å². The van der Waals surface area contributed by atoms with E-state index in [1.807, 2.05) is 42.5 Å². The number of hydrogen-bond acceptors (Lipinski definition) is 2. The predicted octanol–water partition coefficient (Wildman–Crippen LogP) is 3.67. The molecule has 1 atom stereocenters. The molecule has 2 rings (SSSR count). The highest BCUT2D eigenvalue weighted by Crippen LogP contribution is 2.34. The molecule has 3 heteroatoms. The quantitative estimate of drug-likeness (QED) is 0.775. The van der Waals surface area contributed by atoms with Crippen LogP contribution in [-0.4, -0.2) is 7.11 Å². The van der Waals surface area contributed by atoms with Gasteiger partial charge >= 0.3 is 0 Å². The highest BCUT2D eigenvalue weighted by atomic mass is 31.1. The molecule has 0 saturated heterocycles. The minimum Gasteiger partial charge on any atom is -0.497 e. The van der Waals surface area contributed by atoms with Crippen LogP contribution in [0.2, 0.25) is 0 Å². The summed E-state index contributed by atoms with van der Waals surface area (Å²) in [5.74, 6) is 0.788. The first-order chi connectivity index (χ1) is 8.70. The molecule has 0 amide bonds. The van der Waals surface area contributed by atoms with E-state index in [-0.39, 0.29) is 0 Å². The number of hydrogen-bond donors (Lipinski definition) is 0. The van der Waals surface area contributed by atoms with Crippen LogP contribution in [0.25, 0.3) is 0 Å². The van der Waals surface area contributed by atoms with Crippen molar-refractivity contribution in [2.75, 3.05) is 7.11 Å². The van der Waals surface area contributed by atoms with Gasteiger partial charge < -0.3 is 9.30 Å². The lowest BCUT2D eigenvalue weighted by atomic mass is 10.2. The fourth-order valence-corrected chi connectivity index (χ4v) is 3.15. The molecule has 0 aliphatic heterocycles. The average Bonchev–Trinajstić information content (AvgIpc) is 2.63. The van der Waals surface area contributed by atoms with Gasteiger partial charge in [0, 0.05) is 10.6 Å². The molecule has 1 aromatic rings. The maximum atomic E-state index is 12.5. The third-order valence-electron chi connectivity index (χ3n) is 2.92. The summed E-state index contributed by atoms with van der Waals surface area (Å²) in [7, 11) is -0.275. The number of benzene rings is 1. The van der Waals surface area contributed by atoms with Crippen molar-refractivity contribution in [2.24, 2.45) is 0 Å². The Morgan fingerprint density at radius 1 is 1.11 bits per heavy atom. The van der Waals surface area contributed by atoms with E-state index in [1.165, 1.54) is 5.57 Å². The number of ether oxygens (including phenoxy) is 1. The van der Waals surface area contributed by atoms with Crippen molar-refractivity contribution in [3.8, 4) is 5.75 Å². The molecular weight excluding hydrogens is 243 g/mol. The van der Waals surface area contributed by atoms with E-state index in [1.54, 1.807) is 7.11 Å². The van der Waals surface area contributed by atoms with Crippen molar-refractivity contribution in [3.05, 3.63) is 59.5 Å². The summed E-state index contributed by atoms with van der Waals surface area (Å²) < 4.78 is 17.6. The largest absolute Gasteiger partial charge is 0.497 e. The molecule has 0 N–H and O–H groups in total. The first-order valence-corrected chi connectivity index (χ1v) is 7.35. The van der Waals surface area contributed by atoms with Crippen LogP contribution in [0.15, 0.2) is 59.5 Å². The van der Waals surface area contributed by atoms with Crippen molar-refractivity contribution in [2.45, 2.75) is 13.3 Å². The first kappa shape index (κ1) is 12.9. The van der Waals surface area contributed by atoms with Crippen LogP contribution in [-0.2, 0) is 4.57 Å². The highest BCUT2D eigenvalue weighted by molar-refractivity contribution is 7.58. The van der Waals surface area contributed by atoms with Gasteiger partial charge in [0.1, 0.15) is 13.6 Å². The van der Waals surface area contributed by atoms with Crippen molar-refractivity contribution >= 4 is 13.1 Å². The zero-order valence-corrected chi connectivity index (χ0v) is 11.6. The third-order valence-corrected chi connectivity index (χ3v) is 4.67. The van der Waals surface area contributed by atoms with Crippen LogP contribution in [0.1, 0.15) is 13.3 Å². The summed E-state index contributed by atoms with van der Waals surface area (Å²) in [6, 6.07) is 7.45. The van der Waals surface area contributed by atoms with Crippen LogP contribution >= 0.6 is 7.80 Å². The molecule has 0 spiro atoms. The van der Waals surface area contributed by atoms with Crippen LogP contribution in [0.5, 0.6) is 5.75 Å². The number of methoxy groups -OCH3 is 1. The van der Waals surface area contributed by atoms with Crippen molar-refractivity contribution in [3.63, 3.8) is 0 Å². The summed E-state index contributed by atoms with van der Waals surface area (Å²) in [6.07, 6.45) is 9.00.